The van der Waals surface area contributed by atoms with Gasteiger partial charge in [0.15, 0.2) is 6.61 Å². The summed E-state index contributed by atoms with van der Waals surface area (Å²) in [7, 11) is 0. The molecule has 9 heteroatoms. The van der Waals surface area contributed by atoms with E-state index in [-0.39, 0.29) is 25.0 Å². The van der Waals surface area contributed by atoms with Crippen LogP contribution in [-0.4, -0.2) is 71.9 Å². The maximum Gasteiger partial charge on any atom is 0.331 e. The topological polar surface area (TPSA) is 91.8 Å². The first-order valence-electron chi connectivity index (χ1n) is 10.0. The zero-order valence-electron chi connectivity index (χ0n) is 17.7. The van der Waals surface area contributed by atoms with E-state index in [1.54, 1.807) is 17.2 Å². The van der Waals surface area contributed by atoms with E-state index in [1.165, 1.54) is 17.4 Å². The van der Waals surface area contributed by atoms with Crippen molar-refractivity contribution in [2.24, 2.45) is 0 Å². The molecule has 1 aliphatic heterocycles. The number of anilines is 1. The fraction of sp³-hybridized carbons (Fsp3) is 0.364. The molecule has 1 aromatic carbocycles. The number of nitrogens with one attached hydrogen (secondary N) is 1. The predicted molar refractivity (Wildman–Crippen MR) is 120 cm³/mol. The first kappa shape index (κ1) is 22.6. The van der Waals surface area contributed by atoms with Crippen molar-refractivity contribution >= 4 is 40.9 Å². The zero-order valence-corrected chi connectivity index (χ0v) is 18.5. The Morgan fingerprint density at radius 1 is 1.16 bits per heavy atom. The third-order valence-electron chi connectivity index (χ3n) is 4.99. The first-order chi connectivity index (χ1) is 14.9. The number of thiazole rings is 1. The molecule has 1 N–H and O–H groups in total. The lowest BCUT2D eigenvalue weighted by atomic mass is 10.1. The number of carbonyl (C=O) groups is 3. The smallest absolute Gasteiger partial charge is 0.331 e. The molecule has 8 nitrogen and oxygen atoms in total. The van der Waals surface area contributed by atoms with E-state index in [2.05, 4.69) is 10.3 Å². The van der Waals surface area contributed by atoms with Crippen molar-refractivity contribution in [3.05, 3.63) is 52.0 Å². The monoisotopic (exact) mass is 442 g/mol. The molecular weight excluding hydrogens is 416 g/mol. The van der Waals surface area contributed by atoms with Gasteiger partial charge in [0.05, 0.1) is 6.54 Å². The van der Waals surface area contributed by atoms with Crippen LogP contribution >= 0.6 is 11.3 Å². The second-order valence-electron chi connectivity index (χ2n) is 7.28. The number of ether oxygens (including phenoxy) is 1. The Morgan fingerprint density at radius 3 is 2.52 bits per heavy atom. The number of aromatic nitrogens is 1. The van der Waals surface area contributed by atoms with Crippen LogP contribution in [0.1, 0.15) is 16.1 Å². The van der Waals surface area contributed by atoms with Gasteiger partial charge in [-0.25, -0.2) is 9.78 Å². The Hall–Kier alpha value is -3.04. The van der Waals surface area contributed by atoms with E-state index in [0.717, 1.165) is 16.8 Å². The number of para-hydroxylation sites is 1. The molecule has 0 radical (unpaired) electrons. The van der Waals surface area contributed by atoms with Crippen LogP contribution in [0.5, 0.6) is 0 Å². The fourth-order valence-corrected chi connectivity index (χ4v) is 3.81. The maximum atomic E-state index is 12.4. The van der Waals surface area contributed by atoms with Crippen LogP contribution < -0.4 is 5.32 Å². The molecular formula is C22H26N4O4S. The van der Waals surface area contributed by atoms with Gasteiger partial charge in [0, 0.05) is 49.5 Å². The van der Waals surface area contributed by atoms with Gasteiger partial charge in [0.25, 0.3) is 5.91 Å². The molecule has 2 amide bonds. The van der Waals surface area contributed by atoms with Crippen LogP contribution in [0.4, 0.5) is 5.69 Å². The van der Waals surface area contributed by atoms with Crippen LogP contribution in [0, 0.1) is 13.8 Å². The summed E-state index contributed by atoms with van der Waals surface area (Å²) in [6, 6.07) is 5.90. The molecule has 2 aromatic rings. The van der Waals surface area contributed by atoms with Crippen molar-refractivity contribution in [1.82, 2.24) is 14.8 Å². The normalized spacial score (nSPS) is 14.6. The minimum Gasteiger partial charge on any atom is -0.452 e. The van der Waals surface area contributed by atoms with Gasteiger partial charge >= 0.3 is 5.97 Å². The molecule has 0 saturated carbocycles. The minimum atomic E-state index is -0.578. The zero-order chi connectivity index (χ0) is 22.2. The van der Waals surface area contributed by atoms with Crippen LogP contribution in [0.25, 0.3) is 6.08 Å². The number of rotatable bonds is 7. The lowest BCUT2D eigenvalue weighted by Gasteiger charge is -2.34. The van der Waals surface area contributed by atoms with Gasteiger partial charge in [-0.3, -0.25) is 14.5 Å². The Morgan fingerprint density at radius 2 is 1.87 bits per heavy atom. The quantitative estimate of drug-likeness (QED) is 0.522. The van der Waals surface area contributed by atoms with Gasteiger partial charge in [-0.1, -0.05) is 18.2 Å². The number of nitrogens with zero attached hydrogens (tertiary/aromatic N) is 3. The summed E-state index contributed by atoms with van der Waals surface area (Å²) in [4.78, 5) is 44.2. The van der Waals surface area contributed by atoms with Crippen LogP contribution in [0.15, 0.2) is 35.9 Å². The van der Waals surface area contributed by atoms with E-state index in [1.807, 2.05) is 42.3 Å². The van der Waals surface area contributed by atoms with Crippen LogP contribution in [-0.2, 0) is 19.1 Å². The van der Waals surface area contributed by atoms with E-state index < -0.39 is 5.97 Å². The highest BCUT2D eigenvalue weighted by atomic mass is 32.1. The number of hydrogen-bond acceptors (Lipinski definition) is 7. The highest BCUT2D eigenvalue weighted by molar-refractivity contribution is 7.10. The summed E-state index contributed by atoms with van der Waals surface area (Å²) in [6.45, 7) is 6.06. The highest BCUT2D eigenvalue weighted by Crippen LogP contribution is 2.19. The molecule has 1 aliphatic rings. The first-order valence-corrected chi connectivity index (χ1v) is 10.9. The predicted octanol–water partition coefficient (Wildman–Crippen LogP) is 2.10. The van der Waals surface area contributed by atoms with Gasteiger partial charge in [-0.2, -0.15) is 0 Å². The van der Waals surface area contributed by atoms with Gasteiger partial charge in [-0.15, -0.1) is 11.3 Å². The van der Waals surface area contributed by atoms with Crippen LogP contribution in [0.2, 0.25) is 0 Å². The average Bonchev–Trinajstić information content (AvgIpc) is 3.27. The third-order valence-corrected chi connectivity index (χ3v) is 5.73. The number of aryl methyl sites for hydroxylation is 2. The minimum absolute atomic E-state index is 0.0712. The highest BCUT2D eigenvalue weighted by Gasteiger charge is 2.23. The van der Waals surface area contributed by atoms with E-state index >= 15 is 0 Å². The Labute approximate surface area is 185 Å². The molecule has 1 saturated heterocycles. The Kier molecular flexibility index (Phi) is 7.91. The van der Waals surface area contributed by atoms with Gasteiger partial charge in [0.1, 0.15) is 5.01 Å². The third kappa shape index (κ3) is 6.73. The summed E-state index contributed by atoms with van der Waals surface area (Å²) in [6.07, 6.45) is 4.46. The number of benzene rings is 1. The average molecular weight is 443 g/mol. The molecule has 0 spiro atoms. The molecule has 0 bridgehead atoms. The Bertz CT molecular complexity index is 930. The van der Waals surface area contributed by atoms with E-state index in [9.17, 15) is 14.4 Å². The van der Waals surface area contributed by atoms with Crippen LogP contribution in [0.3, 0.4) is 0 Å². The second-order valence-corrected chi connectivity index (χ2v) is 8.21. The maximum absolute atomic E-state index is 12.4. The summed E-state index contributed by atoms with van der Waals surface area (Å²) in [5.41, 5.74) is 2.91. The number of carbonyl (C=O) groups excluding carboxylic acids is 3. The number of piperazine rings is 1. The van der Waals surface area contributed by atoms with Gasteiger partial charge in [0.2, 0.25) is 5.91 Å². The lowest BCUT2D eigenvalue weighted by Crippen LogP contribution is -2.51. The molecule has 31 heavy (non-hydrogen) atoms. The largest absolute Gasteiger partial charge is 0.452 e. The van der Waals surface area contributed by atoms with Crippen molar-refractivity contribution in [3.63, 3.8) is 0 Å². The SMILES string of the molecule is Cc1cccc(C)c1NC(=O)CN1CCN(C(=O)COC(=O)/C=C/c2nccs2)CC1. The summed E-state index contributed by atoms with van der Waals surface area (Å²) in [5.74, 6) is -0.890. The van der Waals surface area contributed by atoms with Crippen molar-refractivity contribution in [1.29, 1.82) is 0 Å². The number of amides is 2. The fourth-order valence-electron chi connectivity index (χ4n) is 3.28. The molecule has 1 aromatic heterocycles. The van der Waals surface area contributed by atoms with Crippen molar-refractivity contribution in [2.45, 2.75) is 13.8 Å². The summed E-state index contributed by atoms with van der Waals surface area (Å²) < 4.78 is 5.02. The second kappa shape index (κ2) is 10.8. The molecule has 2 heterocycles. The van der Waals surface area contributed by atoms with Crippen molar-refractivity contribution in [3.8, 4) is 0 Å². The number of hydrogen-bond donors (Lipinski definition) is 1. The standard InChI is InChI=1S/C22H26N4O4S/c1-16-4-3-5-17(2)22(16)24-18(27)14-25-9-11-26(12-10-25)20(28)15-30-21(29)7-6-19-23-8-13-31-19/h3-8,13H,9-12,14-15H2,1-2H3,(H,24,27)/b7-6+. The molecule has 1 fully saturated rings. The molecule has 3 rings (SSSR count). The Balaban J connectivity index is 1.38. The lowest BCUT2D eigenvalue weighted by molar-refractivity contribution is -0.149. The molecule has 0 atom stereocenters. The van der Waals surface area contributed by atoms with Gasteiger partial charge < -0.3 is 15.0 Å². The van der Waals surface area contributed by atoms with E-state index in [0.29, 0.717) is 31.2 Å². The van der Waals surface area contributed by atoms with Crippen molar-refractivity contribution < 1.29 is 19.1 Å². The van der Waals surface area contributed by atoms with Crippen molar-refractivity contribution in [2.75, 3.05) is 44.6 Å². The summed E-state index contributed by atoms with van der Waals surface area (Å²) in [5, 5.41) is 5.49. The molecule has 164 valence electrons. The van der Waals surface area contributed by atoms with Gasteiger partial charge in [-0.05, 0) is 31.1 Å². The summed E-state index contributed by atoms with van der Waals surface area (Å²) >= 11 is 1.40. The molecule has 0 unspecified atom stereocenters. The molecule has 0 aliphatic carbocycles. The number of esters is 1. The van der Waals surface area contributed by atoms with E-state index in [4.69, 9.17) is 4.74 Å².